The van der Waals surface area contributed by atoms with E-state index < -0.39 is 4.92 Å². The summed E-state index contributed by atoms with van der Waals surface area (Å²) < 4.78 is 0. The van der Waals surface area contributed by atoms with Crippen molar-refractivity contribution in [1.29, 1.82) is 0 Å². The van der Waals surface area contributed by atoms with E-state index in [1.54, 1.807) is 6.20 Å². The largest absolute Gasteiger partial charge is 0.361 e. The SMILES string of the molecule is CC(Nc1cc([N+](=O)[O-])ccn1)c1nccs1. The number of hydrogen-bond donors (Lipinski definition) is 1. The van der Waals surface area contributed by atoms with Gasteiger partial charge in [0, 0.05) is 23.8 Å². The van der Waals surface area contributed by atoms with Crippen LogP contribution in [0.15, 0.2) is 29.9 Å². The molecule has 1 atom stereocenters. The van der Waals surface area contributed by atoms with E-state index in [1.165, 1.54) is 29.7 Å². The number of anilines is 1. The fourth-order valence-electron chi connectivity index (χ4n) is 1.34. The molecule has 0 saturated carbocycles. The predicted octanol–water partition coefficient (Wildman–Crippen LogP) is 2.62. The molecule has 0 spiro atoms. The van der Waals surface area contributed by atoms with E-state index in [4.69, 9.17) is 0 Å². The normalized spacial score (nSPS) is 12.1. The van der Waals surface area contributed by atoms with Gasteiger partial charge in [0.25, 0.3) is 5.69 Å². The van der Waals surface area contributed by atoms with Gasteiger partial charge in [-0.1, -0.05) is 0 Å². The molecular weight excluding hydrogens is 240 g/mol. The summed E-state index contributed by atoms with van der Waals surface area (Å²) in [6.07, 6.45) is 3.13. The summed E-state index contributed by atoms with van der Waals surface area (Å²) in [5, 5.41) is 16.5. The predicted molar refractivity (Wildman–Crippen MR) is 65.0 cm³/mol. The summed E-state index contributed by atoms with van der Waals surface area (Å²) in [7, 11) is 0. The van der Waals surface area contributed by atoms with Gasteiger partial charge in [-0.15, -0.1) is 11.3 Å². The molecule has 7 heteroatoms. The third kappa shape index (κ3) is 2.76. The van der Waals surface area contributed by atoms with E-state index in [2.05, 4.69) is 15.3 Å². The molecule has 88 valence electrons. The molecule has 0 fully saturated rings. The van der Waals surface area contributed by atoms with Crippen LogP contribution in [-0.4, -0.2) is 14.9 Å². The Morgan fingerprint density at radius 3 is 2.94 bits per heavy atom. The van der Waals surface area contributed by atoms with Gasteiger partial charge in [0.05, 0.1) is 17.0 Å². The first-order valence-electron chi connectivity index (χ1n) is 4.93. The molecule has 2 heterocycles. The van der Waals surface area contributed by atoms with E-state index in [9.17, 15) is 10.1 Å². The van der Waals surface area contributed by atoms with Gasteiger partial charge < -0.3 is 5.32 Å². The first-order valence-corrected chi connectivity index (χ1v) is 5.81. The maximum Gasteiger partial charge on any atom is 0.274 e. The first-order chi connectivity index (χ1) is 8.16. The van der Waals surface area contributed by atoms with E-state index in [0.29, 0.717) is 5.82 Å². The molecule has 0 saturated heterocycles. The molecule has 0 aliphatic heterocycles. The fraction of sp³-hybridized carbons (Fsp3) is 0.200. The van der Waals surface area contributed by atoms with Crippen LogP contribution in [0.5, 0.6) is 0 Å². The Hall–Kier alpha value is -2.02. The van der Waals surface area contributed by atoms with Crippen LogP contribution in [0.3, 0.4) is 0 Å². The molecule has 0 aliphatic rings. The molecule has 0 radical (unpaired) electrons. The minimum Gasteiger partial charge on any atom is -0.361 e. The Morgan fingerprint density at radius 1 is 1.47 bits per heavy atom. The topological polar surface area (TPSA) is 81.0 Å². The van der Waals surface area contributed by atoms with Gasteiger partial charge in [0.15, 0.2) is 0 Å². The molecule has 17 heavy (non-hydrogen) atoms. The summed E-state index contributed by atoms with van der Waals surface area (Å²) in [6.45, 7) is 1.93. The maximum absolute atomic E-state index is 10.6. The summed E-state index contributed by atoms with van der Waals surface area (Å²) in [4.78, 5) is 18.4. The highest BCUT2D eigenvalue weighted by Crippen LogP contribution is 2.21. The Balaban J connectivity index is 2.13. The van der Waals surface area contributed by atoms with Crippen molar-refractivity contribution in [3.63, 3.8) is 0 Å². The highest BCUT2D eigenvalue weighted by molar-refractivity contribution is 7.09. The minimum atomic E-state index is -0.444. The molecule has 2 rings (SSSR count). The van der Waals surface area contributed by atoms with Crippen LogP contribution in [0.2, 0.25) is 0 Å². The van der Waals surface area contributed by atoms with Gasteiger partial charge in [-0.05, 0) is 6.92 Å². The van der Waals surface area contributed by atoms with Crippen LogP contribution in [-0.2, 0) is 0 Å². The summed E-state index contributed by atoms with van der Waals surface area (Å²) >= 11 is 1.53. The Kier molecular flexibility index (Phi) is 3.29. The summed E-state index contributed by atoms with van der Waals surface area (Å²) in [6, 6.07) is 2.74. The van der Waals surface area contributed by atoms with Crippen molar-refractivity contribution in [2.45, 2.75) is 13.0 Å². The molecule has 0 aromatic carbocycles. The van der Waals surface area contributed by atoms with Crippen LogP contribution < -0.4 is 5.32 Å². The van der Waals surface area contributed by atoms with Crippen molar-refractivity contribution in [3.8, 4) is 0 Å². The highest BCUT2D eigenvalue weighted by Gasteiger charge is 2.11. The Labute approximate surface area is 102 Å². The van der Waals surface area contributed by atoms with Crippen LogP contribution >= 0.6 is 11.3 Å². The van der Waals surface area contributed by atoms with Gasteiger partial charge in [-0.3, -0.25) is 10.1 Å². The third-order valence-electron chi connectivity index (χ3n) is 2.14. The molecular formula is C10H10N4O2S. The molecule has 1 N–H and O–H groups in total. The number of thiazole rings is 1. The number of nitro groups is 1. The Bertz CT molecular complexity index is 515. The maximum atomic E-state index is 10.6. The van der Waals surface area contributed by atoms with Crippen LogP contribution in [0.4, 0.5) is 11.5 Å². The second-order valence-corrected chi connectivity index (χ2v) is 4.32. The molecule has 0 amide bonds. The molecule has 6 nitrogen and oxygen atoms in total. The van der Waals surface area contributed by atoms with Crippen LogP contribution in [0.25, 0.3) is 0 Å². The zero-order chi connectivity index (χ0) is 12.3. The van der Waals surface area contributed by atoms with Crippen molar-refractivity contribution >= 4 is 22.8 Å². The smallest absolute Gasteiger partial charge is 0.274 e. The fourth-order valence-corrected chi connectivity index (χ4v) is 1.99. The van der Waals surface area contributed by atoms with Gasteiger partial charge in [-0.2, -0.15) is 0 Å². The molecule has 1 unspecified atom stereocenters. The van der Waals surface area contributed by atoms with Gasteiger partial charge >= 0.3 is 0 Å². The Morgan fingerprint density at radius 2 is 2.29 bits per heavy atom. The molecule has 2 aromatic heterocycles. The van der Waals surface area contributed by atoms with Crippen LogP contribution in [0.1, 0.15) is 18.0 Å². The lowest BCUT2D eigenvalue weighted by Crippen LogP contribution is -2.07. The number of aromatic nitrogens is 2. The lowest BCUT2D eigenvalue weighted by molar-refractivity contribution is -0.384. The van der Waals surface area contributed by atoms with Crippen molar-refractivity contribution < 1.29 is 4.92 Å². The lowest BCUT2D eigenvalue weighted by Gasteiger charge is -2.11. The zero-order valence-corrected chi connectivity index (χ0v) is 9.85. The quantitative estimate of drug-likeness (QED) is 0.666. The van der Waals surface area contributed by atoms with E-state index in [1.807, 2.05) is 12.3 Å². The lowest BCUT2D eigenvalue weighted by atomic mass is 10.3. The number of rotatable bonds is 4. The van der Waals surface area contributed by atoms with Crippen molar-refractivity contribution in [3.05, 3.63) is 45.0 Å². The third-order valence-corrected chi connectivity index (χ3v) is 3.10. The van der Waals surface area contributed by atoms with Crippen molar-refractivity contribution in [2.75, 3.05) is 5.32 Å². The zero-order valence-electron chi connectivity index (χ0n) is 9.03. The van der Waals surface area contributed by atoms with E-state index in [-0.39, 0.29) is 11.7 Å². The van der Waals surface area contributed by atoms with Gasteiger partial charge in [0.2, 0.25) is 0 Å². The second kappa shape index (κ2) is 4.88. The molecule has 0 bridgehead atoms. The number of nitrogens with zero attached hydrogens (tertiary/aromatic N) is 3. The summed E-state index contributed by atoms with van der Waals surface area (Å²) in [5.74, 6) is 0.474. The average molecular weight is 250 g/mol. The van der Waals surface area contributed by atoms with E-state index in [0.717, 1.165) is 5.01 Å². The summed E-state index contributed by atoms with van der Waals surface area (Å²) in [5.41, 5.74) is 0.0221. The molecule has 2 aromatic rings. The van der Waals surface area contributed by atoms with Gasteiger partial charge in [0.1, 0.15) is 10.8 Å². The second-order valence-electron chi connectivity index (χ2n) is 3.39. The van der Waals surface area contributed by atoms with Gasteiger partial charge in [-0.25, -0.2) is 9.97 Å². The number of nitrogens with one attached hydrogen (secondary N) is 1. The number of pyridine rings is 1. The first kappa shape index (κ1) is 11.5. The monoisotopic (exact) mass is 250 g/mol. The van der Waals surface area contributed by atoms with Crippen molar-refractivity contribution in [1.82, 2.24) is 9.97 Å². The highest BCUT2D eigenvalue weighted by atomic mass is 32.1. The van der Waals surface area contributed by atoms with Crippen LogP contribution in [0, 0.1) is 10.1 Å². The van der Waals surface area contributed by atoms with Crippen molar-refractivity contribution in [2.24, 2.45) is 0 Å². The van der Waals surface area contributed by atoms with E-state index >= 15 is 0 Å². The number of hydrogen-bond acceptors (Lipinski definition) is 6. The minimum absolute atomic E-state index is 0.0221. The standard InChI is InChI=1S/C10H10N4O2S/c1-7(10-12-4-5-17-10)13-9-6-8(14(15)16)2-3-11-9/h2-7H,1H3,(H,11,13). The molecule has 0 aliphatic carbocycles. The average Bonchev–Trinajstić information content (AvgIpc) is 2.82.